The Morgan fingerprint density at radius 3 is 2.37 bits per heavy atom. The molecule has 4 heterocycles. The Morgan fingerprint density at radius 2 is 1.71 bits per heavy atom. The van der Waals surface area contributed by atoms with E-state index < -0.39 is 53.6 Å². The second kappa shape index (κ2) is 15.4. The summed E-state index contributed by atoms with van der Waals surface area (Å²) in [5.41, 5.74) is 0.903. The minimum Gasteiger partial charge on any atom is -0.455 e. The molecule has 0 saturated carbocycles. The van der Waals surface area contributed by atoms with Crippen LogP contribution >= 0.6 is 0 Å². The monoisotopic (exact) mass is 698 g/mol. The lowest BCUT2D eigenvalue weighted by Gasteiger charge is -2.40. The second-order valence-corrected chi connectivity index (χ2v) is 13.9. The molecular formula is C40H50N4O7. The van der Waals surface area contributed by atoms with Crippen molar-refractivity contribution >= 4 is 35.1 Å². The lowest BCUT2D eigenvalue weighted by Crippen LogP contribution is -2.59. The Kier molecular flexibility index (Phi) is 11.0. The number of ether oxygens (including phenoxy) is 2. The Bertz CT molecular complexity index is 1640. The fraction of sp³-hybridized carbons (Fsp3) is 0.500. The van der Waals surface area contributed by atoms with E-state index in [4.69, 9.17) is 9.47 Å². The van der Waals surface area contributed by atoms with Crippen LogP contribution in [0, 0.1) is 17.8 Å². The molecule has 0 aromatic heterocycles. The molecule has 2 aromatic rings. The van der Waals surface area contributed by atoms with Gasteiger partial charge in [0.05, 0.1) is 31.2 Å². The van der Waals surface area contributed by atoms with E-state index in [1.807, 2.05) is 80.6 Å². The van der Waals surface area contributed by atoms with Crippen molar-refractivity contribution < 1.29 is 33.8 Å². The van der Waals surface area contributed by atoms with Crippen LogP contribution in [0.15, 0.2) is 78.9 Å². The van der Waals surface area contributed by atoms with Crippen molar-refractivity contribution in [3.05, 3.63) is 84.5 Å². The number of hydrogen-bond donors (Lipinski definition) is 2. The Hall–Kier alpha value is -4.48. The summed E-state index contributed by atoms with van der Waals surface area (Å²) in [6.45, 7) is 9.64. The first-order chi connectivity index (χ1) is 24.7. The van der Waals surface area contributed by atoms with E-state index in [1.54, 1.807) is 17.1 Å². The van der Waals surface area contributed by atoms with Gasteiger partial charge in [-0.1, -0.05) is 74.9 Å². The van der Waals surface area contributed by atoms with Gasteiger partial charge in [0.25, 0.3) is 5.91 Å². The molecule has 4 aliphatic rings. The molecule has 8 atom stereocenters. The number of carbonyl (C=O) groups is 4. The van der Waals surface area contributed by atoms with Crippen LogP contribution in [-0.2, 0) is 28.7 Å². The van der Waals surface area contributed by atoms with Gasteiger partial charge in [-0.25, -0.2) is 0 Å². The summed E-state index contributed by atoms with van der Waals surface area (Å²) in [4.78, 5) is 62.5. The number of nitrogens with zero attached hydrogens (tertiary/aromatic N) is 3. The summed E-state index contributed by atoms with van der Waals surface area (Å²) in [5, 5.41) is 13.7. The van der Waals surface area contributed by atoms with Crippen molar-refractivity contribution in [1.82, 2.24) is 10.2 Å². The molecule has 6 rings (SSSR count). The average molecular weight is 699 g/mol. The number of esters is 1. The highest BCUT2D eigenvalue weighted by Crippen LogP contribution is 2.56. The Balaban J connectivity index is 1.46. The van der Waals surface area contributed by atoms with Gasteiger partial charge in [-0.3, -0.25) is 19.2 Å². The van der Waals surface area contributed by atoms with Gasteiger partial charge in [-0.15, -0.1) is 0 Å². The molecule has 3 amide bonds. The maximum absolute atomic E-state index is 15.2. The van der Waals surface area contributed by atoms with Gasteiger partial charge in [0, 0.05) is 37.4 Å². The summed E-state index contributed by atoms with van der Waals surface area (Å²) in [7, 11) is 0. The third-order valence-corrected chi connectivity index (χ3v) is 11.1. The van der Waals surface area contributed by atoms with Crippen molar-refractivity contribution in [2.45, 2.75) is 76.9 Å². The lowest BCUT2D eigenvalue weighted by molar-refractivity contribution is -0.160. The predicted octanol–water partition coefficient (Wildman–Crippen LogP) is 4.17. The minimum absolute atomic E-state index is 0.0568. The normalized spacial score (nSPS) is 29.8. The number of cyclic esters (lactones) is 1. The van der Waals surface area contributed by atoms with Crippen LogP contribution < -0.4 is 15.1 Å². The molecule has 272 valence electrons. The minimum atomic E-state index is -1.45. The first-order valence-electron chi connectivity index (χ1n) is 18.3. The maximum atomic E-state index is 15.2. The van der Waals surface area contributed by atoms with Crippen molar-refractivity contribution in [3.8, 4) is 0 Å². The van der Waals surface area contributed by atoms with Gasteiger partial charge in [-0.2, -0.15) is 0 Å². The van der Waals surface area contributed by atoms with E-state index in [-0.39, 0.29) is 43.8 Å². The number of likely N-dealkylation sites (tertiary alicyclic amines) is 1. The summed E-state index contributed by atoms with van der Waals surface area (Å²) in [6.07, 6.45) is 6.98. The third-order valence-electron chi connectivity index (χ3n) is 11.1. The second-order valence-electron chi connectivity index (χ2n) is 13.9. The molecule has 4 aliphatic heterocycles. The van der Waals surface area contributed by atoms with Gasteiger partial charge in [0.1, 0.15) is 23.7 Å². The van der Waals surface area contributed by atoms with Gasteiger partial charge < -0.3 is 34.6 Å². The number of aliphatic hydroxyl groups is 1. The topological polar surface area (TPSA) is 129 Å². The van der Waals surface area contributed by atoms with E-state index in [0.717, 1.165) is 18.8 Å². The summed E-state index contributed by atoms with van der Waals surface area (Å²) in [6, 6.07) is 15.1. The molecule has 51 heavy (non-hydrogen) atoms. The van der Waals surface area contributed by atoms with Crippen molar-refractivity contribution in [2.24, 2.45) is 17.8 Å². The zero-order valence-electron chi connectivity index (χ0n) is 29.9. The molecule has 0 radical (unpaired) electrons. The zero-order valence-corrected chi connectivity index (χ0v) is 29.9. The number of allylic oxidation sites excluding steroid dienone is 1. The molecule has 2 saturated heterocycles. The van der Waals surface area contributed by atoms with E-state index in [0.29, 0.717) is 24.1 Å². The molecule has 11 heteroatoms. The summed E-state index contributed by atoms with van der Waals surface area (Å²) in [5.74, 6) is -3.86. The number of carbonyl (C=O) groups excluding carboxylic acids is 4. The number of benzene rings is 2. The zero-order chi connectivity index (χ0) is 36.3. The molecule has 0 unspecified atom stereocenters. The van der Waals surface area contributed by atoms with Crippen molar-refractivity contribution in [3.63, 3.8) is 0 Å². The number of amides is 3. The van der Waals surface area contributed by atoms with Crippen LogP contribution in [-0.4, -0.2) is 90.3 Å². The quantitative estimate of drug-likeness (QED) is 0.295. The highest BCUT2D eigenvalue weighted by molar-refractivity contribution is 6.05. The largest absolute Gasteiger partial charge is 0.455 e. The van der Waals surface area contributed by atoms with E-state index >= 15 is 4.79 Å². The molecule has 2 N–H and O–H groups in total. The van der Waals surface area contributed by atoms with Crippen LogP contribution in [0.25, 0.3) is 0 Å². The van der Waals surface area contributed by atoms with Crippen molar-refractivity contribution in [2.75, 3.05) is 42.6 Å². The molecule has 0 aliphatic carbocycles. The van der Waals surface area contributed by atoms with Gasteiger partial charge in [0.2, 0.25) is 11.8 Å². The van der Waals surface area contributed by atoms with Crippen LogP contribution in [0.5, 0.6) is 0 Å². The highest BCUT2D eigenvalue weighted by Gasteiger charge is 2.74. The lowest BCUT2D eigenvalue weighted by atomic mass is 9.74. The third kappa shape index (κ3) is 6.69. The average Bonchev–Trinajstić information content (AvgIpc) is 3.80. The van der Waals surface area contributed by atoms with Gasteiger partial charge >= 0.3 is 5.97 Å². The van der Waals surface area contributed by atoms with Gasteiger partial charge in [0.15, 0.2) is 0 Å². The number of rotatable bonds is 9. The van der Waals surface area contributed by atoms with E-state index in [1.165, 1.54) is 4.90 Å². The van der Waals surface area contributed by atoms with Crippen molar-refractivity contribution in [1.29, 1.82) is 0 Å². The first kappa shape index (κ1) is 36.3. The van der Waals surface area contributed by atoms with Crippen LogP contribution in [0.4, 0.5) is 11.4 Å². The molecule has 1 spiro atoms. The number of aliphatic hydroxyl groups excluding tert-OH is 1. The Morgan fingerprint density at radius 1 is 0.980 bits per heavy atom. The van der Waals surface area contributed by atoms with E-state index in [2.05, 4.69) is 24.1 Å². The molecule has 2 aromatic carbocycles. The molecule has 5 bridgehead atoms. The maximum Gasteiger partial charge on any atom is 0.313 e. The van der Waals surface area contributed by atoms with Gasteiger partial charge in [-0.05, 0) is 56.0 Å². The molecule has 2 fully saturated rings. The number of fused-ring (bicyclic) bond motifs is 2. The highest BCUT2D eigenvalue weighted by atomic mass is 16.6. The number of hydrogen-bond acceptors (Lipinski definition) is 8. The molecular weight excluding hydrogens is 648 g/mol. The molecule has 11 nitrogen and oxygen atoms in total. The predicted molar refractivity (Wildman–Crippen MR) is 194 cm³/mol. The van der Waals surface area contributed by atoms with Crippen LogP contribution in [0.2, 0.25) is 0 Å². The van der Waals surface area contributed by atoms with Crippen LogP contribution in [0.1, 0.15) is 58.6 Å². The summed E-state index contributed by atoms with van der Waals surface area (Å²) >= 11 is 0. The summed E-state index contributed by atoms with van der Waals surface area (Å²) < 4.78 is 12.8. The standard InChI is InChI=1S/C40H50N4O7/c1-5-26(4)30(25-45)44-36-38(48)43(29-19-17-28(18-20-29)42(6-2)7-3)23-13-9-12-16-33(46)41-24-32(27-14-10-8-11-15-27)50-39(49)34-31-21-22-40(36,51-31)35(34)37(44)47/h8-11,13-15,17-22,26,30-32,34-36,45H,5-7,12,16,23-25H2,1-4H3,(H,41,46)/b13-9-/t26-,30-,31-,32-,34+,35+,36-,40+/m0/s1. The number of nitrogens with one attached hydrogen (secondary N) is 1. The van der Waals surface area contributed by atoms with E-state index in [9.17, 15) is 19.5 Å². The fourth-order valence-electron chi connectivity index (χ4n) is 8.15. The first-order valence-corrected chi connectivity index (χ1v) is 18.3. The number of anilines is 2. The smallest absolute Gasteiger partial charge is 0.313 e. The fourth-order valence-corrected chi connectivity index (χ4v) is 8.15. The van der Waals surface area contributed by atoms with Crippen LogP contribution in [0.3, 0.4) is 0 Å². The SMILES string of the molecule is CC[C@H](C)[C@H](CO)N1C(=O)[C@H]2[C@@H]3C(=O)O[C@H](c4ccccc4)CNC(=O)CC/C=C\CN(c4ccc(N(CC)CC)cc4)C(=O)[C@H]1[C@@]21C=C[C@@H]3O1. The Labute approximate surface area is 300 Å².